The molecule has 7 nitrogen and oxygen atoms in total. The Morgan fingerprint density at radius 3 is 3.00 bits per heavy atom. The first-order valence-corrected chi connectivity index (χ1v) is 6.58. The lowest BCUT2D eigenvalue weighted by molar-refractivity contribution is -0.385. The van der Waals surface area contributed by atoms with E-state index in [1.54, 1.807) is 18.5 Å². The van der Waals surface area contributed by atoms with Crippen LogP contribution in [-0.4, -0.2) is 43.4 Å². The van der Waals surface area contributed by atoms with Gasteiger partial charge in [-0.05, 0) is 33.1 Å². The second-order valence-electron chi connectivity index (χ2n) is 5.23. The number of nitro groups is 1. The van der Waals surface area contributed by atoms with Crippen molar-refractivity contribution >= 4 is 5.69 Å². The number of likely N-dealkylation sites (tertiary alicyclic amines) is 1. The summed E-state index contributed by atoms with van der Waals surface area (Å²) in [6, 6.07) is 0.337. The minimum Gasteiger partial charge on any atom is -0.393 e. The van der Waals surface area contributed by atoms with E-state index in [9.17, 15) is 15.2 Å². The van der Waals surface area contributed by atoms with Crippen molar-refractivity contribution in [2.75, 3.05) is 6.54 Å². The van der Waals surface area contributed by atoms with Gasteiger partial charge in [0, 0.05) is 12.6 Å². The molecule has 1 aromatic rings. The van der Waals surface area contributed by atoms with Crippen LogP contribution in [0.4, 0.5) is 5.69 Å². The molecule has 19 heavy (non-hydrogen) atoms. The molecule has 2 rings (SSSR count). The molecule has 1 saturated heterocycles. The summed E-state index contributed by atoms with van der Waals surface area (Å²) < 4.78 is 1.62. The largest absolute Gasteiger partial charge is 0.393 e. The summed E-state index contributed by atoms with van der Waals surface area (Å²) in [5.41, 5.74) is 0.502. The number of nitrogens with zero attached hydrogens (tertiary/aromatic N) is 4. The van der Waals surface area contributed by atoms with E-state index < -0.39 is 4.92 Å². The molecule has 0 spiro atoms. The molecule has 0 saturated carbocycles. The highest BCUT2D eigenvalue weighted by atomic mass is 16.6. The first kappa shape index (κ1) is 14.0. The predicted octanol–water partition coefficient (Wildman–Crippen LogP) is 1.29. The third kappa shape index (κ3) is 3.30. The fourth-order valence-corrected chi connectivity index (χ4v) is 2.69. The smallest absolute Gasteiger partial charge is 0.309 e. The molecule has 1 aliphatic heterocycles. The summed E-state index contributed by atoms with van der Waals surface area (Å²) >= 11 is 0. The maximum Gasteiger partial charge on any atom is 0.309 e. The Morgan fingerprint density at radius 2 is 2.42 bits per heavy atom. The summed E-state index contributed by atoms with van der Waals surface area (Å²) in [7, 11) is 0. The molecule has 1 aliphatic rings. The molecule has 1 fully saturated rings. The Bertz CT molecular complexity index is 458. The van der Waals surface area contributed by atoms with Crippen molar-refractivity contribution in [1.82, 2.24) is 14.7 Å². The van der Waals surface area contributed by atoms with E-state index in [0.717, 1.165) is 25.8 Å². The molecule has 2 heterocycles. The summed E-state index contributed by atoms with van der Waals surface area (Å²) in [6.07, 6.45) is 4.06. The monoisotopic (exact) mass is 268 g/mol. The van der Waals surface area contributed by atoms with Crippen molar-refractivity contribution in [3.05, 3.63) is 22.0 Å². The summed E-state index contributed by atoms with van der Waals surface area (Å²) in [4.78, 5) is 12.6. The Hall–Kier alpha value is -1.47. The lowest BCUT2D eigenvalue weighted by Crippen LogP contribution is -2.33. The van der Waals surface area contributed by atoms with E-state index in [2.05, 4.69) is 10.00 Å². The van der Waals surface area contributed by atoms with E-state index in [4.69, 9.17) is 0 Å². The quantitative estimate of drug-likeness (QED) is 0.642. The van der Waals surface area contributed by atoms with Gasteiger partial charge in [0.2, 0.25) is 0 Å². The fraction of sp³-hybridized carbons (Fsp3) is 0.750. The third-order valence-corrected chi connectivity index (χ3v) is 3.56. The minimum atomic E-state index is -0.407. The van der Waals surface area contributed by atoms with Gasteiger partial charge in [-0.15, -0.1) is 0 Å². The lowest BCUT2D eigenvalue weighted by Gasteiger charge is -2.25. The molecule has 0 amide bonds. The second kappa shape index (κ2) is 5.66. The number of aryl methyl sites for hydroxylation is 1. The van der Waals surface area contributed by atoms with Crippen LogP contribution in [-0.2, 0) is 6.67 Å². The van der Waals surface area contributed by atoms with Gasteiger partial charge >= 0.3 is 5.69 Å². The molecule has 7 heteroatoms. The Labute approximate surface area is 112 Å². The number of aliphatic hydroxyl groups is 1. The van der Waals surface area contributed by atoms with Crippen LogP contribution in [0.5, 0.6) is 0 Å². The van der Waals surface area contributed by atoms with Gasteiger partial charge in [0.25, 0.3) is 0 Å². The Balaban J connectivity index is 2.04. The van der Waals surface area contributed by atoms with E-state index in [1.807, 2.05) is 0 Å². The van der Waals surface area contributed by atoms with Gasteiger partial charge in [-0.25, -0.2) is 0 Å². The van der Waals surface area contributed by atoms with E-state index in [1.165, 1.54) is 6.20 Å². The van der Waals surface area contributed by atoms with Crippen LogP contribution in [0.2, 0.25) is 0 Å². The van der Waals surface area contributed by atoms with Gasteiger partial charge in [0.15, 0.2) is 0 Å². The maximum atomic E-state index is 10.8. The first-order valence-electron chi connectivity index (χ1n) is 6.58. The predicted molar refractivity (Wildman–Crippen MR) is 69.6 cm³/mol. The van der Waals surface area contributed by atoms with Gasteiger partial charge in [0.1, 0.15) is 11.9 Å². The number of hydrogen-bond acceptors (Lipinski definition) is 5. The molecular formula is C12H20N4O3. The zero-order valence-electron chi connectivity index (χ0n) is 11.3. The Kier molecular flexibility index (Phi) is 4.16. The zero-order valence-corrected chi connectivity index (χ0v) is 11.3. The highest BCUT2D eigenvalue weighted by molar-refractivity contribution is 5.30. The molecule has 0 aliphatic carbocycles. The van der Waals surface area contributed by atoms with Gasteiger partial charge in [0.05, 0.1) is 17.7 Å². The molecule has 1 N–H and O–H groups in total. The van der Waals surface area contributed by atoms with Crippen molar-refractivity contribution in [1.29, 1.82) is 0 Å². The average Bonchev–Trinajstić information content (AvgIpc) is 2.86. The minimum absolute atomic E-state index is 0.0614. The van der Waals surface area contributed by atoms with E-state index in [0.29, 0.717) is 18.4 Å². The third-order valence-electron chi connectivity index (χ3n) is 3.56. The van der Waals surface area contributed by atoms with E-state index >= 15 is 0 Å². The average molecular weight is 268 g/mol. The molecule has 2 unspecified atom stereocenters. The van der Waals surface area contributed by atoms with Crippen LogP contribution >= 0.6 is 0 Å². The van der Waals surface area contributed by atoms with Crippen LogP contribution in [0.1, 0.15) is 31.9 Å². The van der Waals surface area contributed by atoms with Crippen LogP contribution in [0, 0.1) is 17.0 Å². The van der Waals surface area contributed by atoms with Crippen LogP contribution < -0.4 is 0 Å². The normalized spacial score (nSPS) is 21.7. The van der Waals surface area contributed by atoms with Crippen LogP contribution in [0.15, 0.2) is 6.20 Å². The molecule has 0 radical (unpaired) electrons. The van der Waals surface area contributed by atoms with Gasteiger partial charge < -0.3 is 5.11 Å². The summed E-state index contributed by atoms with van der Waals surface area (Å²) in [5, 5.41) is 24.4. The molecule has 106 valence electrons. The number of aromatic nitrogens is 2. The fourth-order valence-electron chi connectivity index (χ4n) is 2.69. The highest BCUT2D eigenvalue weighted by Crippen LogP contribution is 2.23. The van der Waals surface area contributed by atoms with E-state index in [-0.39, 0.29) is 11.8 Å². The molecule has 0 aromatic carbocycles. The van der Waals surface area contributed by atoms with Gasteiger partial charge in [-0.2, -0.15) is 5.10 Å². The van der Waals surface area contributed by atoms with Crippen LogP contribution in [0.25, 0.3) is 0 Å². The topological polar surface area (TPSA) is 84.4 Å². The summed E-state index contributed by atoms with van der Waals surface area (Å²) in [6.45, 7) is 4.93. The lowest BCUT2D eigenvalue weighted by atomic mass is 10.1. The van der Waals surface area contributed by atoms with Crippen molar-refractivity contribution in [2.24, 2.45) is 0 Å². The standard InChI is InChI=1S/C12H20N4O3/c1-9(17)6-11-4-3-5-14(11)8-15-7-12(16(18)19)10(2)13-15/h7,9,11,17H,3-6,8H2,1-2H3. The maximum absolute atomic E-state index is 10.8. The molecular weight excluding hydrogens is 248 g/mol. The molecule has 2 atom stereocenters. The van der Waals surface area contributed by atoms with Crippen molar-refractivity contribution in [3.63, 3.8) is 0 Å². The van der Waals surface area contributed by atoms with Crippen molar-refractivity contribution in [3.8, 4) is 0 Å². The van der Waals surface area contributed by atoms with Gasteiger partial charge in [-0.1, -0.05) is 0 Å². The number of hydrogen-bond donors (Lipinski definition) is 1. The molecule has 0 bridgehead atoms. The second-order valence-corrected chi connectivity index (χ2v) is 5.23. The zero-order chi connectivity index (χ0) is 14.0. The highest BCUT2D eigenvalue weighted by Gasteiger charge is 2.26. The van der Waals surface area contributed by atoms with Crippen molar-refractivity contribution < 1.29 is 10.0 Å². The molecule has 1 aromatic heterocycles. The van der Waals surface area contributed by atoms with Crippen LogP contribution in [0.3, 0.4) is 0 Å². The number of rotatable bonds is 5. The summed E-state index contributed by atoms with van der Waals surface area (Å²) in [5.74, 6) is 0. The first-order chi connectivity index (χ1) is 8.97. The Morgan fingerprint density at radius 1 is 1.68 bits per heavy atom. The van der Waals surface area contributed by atoms with Crippen molar-refractivity contribution in [2.45, 2.75) is 51.9 Å². The number of aliphatic hydroxyl groups excluding tert-OH is 1. The van der Waals surface area contributed by atoms with Gasteiger partial charge in [-0.3, -0.25) is 19.7 Å². The SMILES string of the molecule is Cc1nn(CN2CCCC2CC(C)O)cc1[N+](=O)[O-].